The number of nitrogens with zero attached hydrogens (tertiary/aromatic N) is 1. The van der Waals surface area contributed by atoms with Crippen molar-refractivity contribution in [2.24, 2.45) is 0 Å². The van der Waals surface area contributed by atoms with Gasteiger partial charge in [-0.05, 0) is 48.0 Å². The number of para-hydroxylation sites is 1. The number of aromatic nitrogens is 2. The fourth-order valence-electron chi connectivity index (χ4n) is 3.03. The van der Waals surface area contributed by atoms with E-state index in [-0.39, 0.29) is 0 Å². The molecular weight excluding hydrogens is 362 g/mol. The van der Waals surface area contributed by atoms with Crippen molar-refractivity contribution in [2.75, 3.05) is 12.3 Å². The minimum atomic E-state index is 0.397. The Labute approximate surface area is 170 Å². The van der Waals surface area contributed by atoms with E-state index in [1.165, 1.54) is 5.56 Å². The first kappa shape index (κ1) is 18.6. The van der Waals surface area contributed by atoms with Gasteiger partial charge in [0.2, 0.25) is 0 Å². The van der Waals surface area contributed by atoms with Crippen LogP contribution in [0.1, 0.15) is 11.3 Å². The SMILES string of the molecule is Nc1ccc(OCc2cc(-c3ccccc3OCCc3ccccc3)n[nH]2)cc1. The van der Waals surface area contributed by atoms with Crippen molar-refractivity contribution in [3.63, 3.8) is 0 Å². The molecule has 1 aromatic heterocycles. The summed E-state index contributed by atoms with van der Waals surface area (Å²) in [5.41, 5.74) is 10.3. The number of H-pyrrole nitrogens is 1. The lowest BCUT2D eigenvalue weighted by Crippen LogP contribution is -2.02. The number of rotatable bonds is 8. The molecule has 5 heteroatoms. The third-order valence-electron chi connectivity index (χ3n) is 4.56. The van der Waals surface area contributed by atoms with Gasteiger partial charge in [-0.15, -0.1) is 0 Å². The van der Waals surface area contributed by atoms with Gasteiger partial charge in [-0.3, -0.25) is 5.10 Å². The van der Waals surface area contributed by atoms with Gasteiger partial charge in [-0.25, -0.2) is 0 Å². The number of hydrogen-bond acceptors (Lipinski definition) is 4. The quantitative estimate of drug-likeness (QED) is 0.425. The van der Waals surface area contributed by atoms with Crippen LogP contribution < -0.4 is 15.2 Å². The summed E-state index contributed by atoms with van der Waals surface area (Å²) in [6.07, 6.45) is 0.858. The largest absolute Gasteiger partial charge is 0.493 e. The number of benzene rings is 3. The van der Waals surface area contributed by atoms with Crippen LogP contribution in [0.3, 0.4) is 0 Å². The number of hydrogen-bond donors (Lipinski definition) is 2. The molecule has 0 unspecified atom stereocenters. The van der Waals surface area contributed by atoms with E-state index >= 15 is 0 Å². The van der Waals surface area contributed by atoms with Crippen molar-refractivity contribution in [3.05, 3.63) is 96.2 Å². The molecule has 3 N–H and O–H groups in total. The standard InChI is InChI=1S/C24H23N3O2/c25-19-10-12-21(13-11-19)29-17-20-16-23(27-26-20)22-8-4-5-9-24(22)28-15-14-18-6-2-1-3-7-18/h1-13,16H,14-15,17,25H2,(H,26,27). The molecule has 0 radical (unpaired) electrons. The number of aromatic amines is 1. The van der Waals surface area contributed by atoms with Crippen LogP contribution in [-0.4, -0.2) is 16.8 Å². The Morgan fingerprint density at radius 3 is 2.41 bits per heavy atom. The zero-order valence-electron chi connectivity index (χ0n) is 16.0. The van der Waals surface area contributed by atoms with Crippen LogP contribution in [-0.2, 0) is 13.0 Å². The highest BCUT2D eigenvalue weighted by Crippen LogP contribution is 2.29. The highest BCUT2D eigenvalue weighted by Gasteiger charge is 2.10. The van der Waals surface area contributed by atoms with Gasteiger partial charge in [0, 0.05) is 17.7 Å². The predicted molar refractivity (Wildman–Crippen MR) is 115 cm³/mol. The lowest BCUT2D eigenvalue weighted by atomic mass is 10.1. The van der Waals surface area contributed by atoms with Gasteiger partial charge in [-0.1, -0.05) is 42.5 Å². The Morgan fingerprint density at radius 2 is 1.59 bits per heavy atom. The van der Waals surface area contributed by atoms with Crippen LogP contribution >= 0.6 is 0 Å². The van der Waals surface area contributed by atoms with Gasteiger partial charge in [0.15, 0.2) is 0 Å². The van der Waals surface area contributed by atoms with Gasteiger partial charge in [0.1, 0.15) is 18.1 Å². The second-order valence-corrected chi connectivity index (χ2v) is 6.72. The van der Waals surface area contributed by atoms with Gasteiger partial charge in [0.25, 0.3) is 0 Å². The van der Waals surface area contributed by atoms with E-state index in [9.17, 15) is 0 Å². The molecule has 0 amide bonds. The van der Waals surface area contributed by atoms with Crippen molar-refractivity contribution >= 4 is 5.69 Å². The molecule has 0 aliphatic rings. The van der Waals surface area contributed by atoms with Crippen LogP contribution in [0.4, 0.5) is 5.69 Å². The lowest BCUT2D eigenvalue weighted by Gasteiger charge is -2.10. The fourth-order valence-corrected chi connectivity index (χ4v) is 3.03. The number of nitrogens with two attached hydrogens (primary N) is 1. The molecule has 146 valence electrons. The molecule has 0 fully saturated rings. The molecular formula is C24H23N3O2. The third kappa shape index (κ3) is 4.96. The molecule has 4 aromatic rings. The van der Waals surface area contributed by atoms with E-state index in [0.29, 0.717) is 18.9 Å². The Hall–Kier alpha value is -3.73. The molecule has 0 spiro atoms. The maximum atomic E-state index is 6.05. The predicted octanol–water partition coefficient (Wildman–Crippen LogP) is 4.86. The molecule has 0 bridgehead atoms. The second-order valence-electron chi connectivity index (χ2n) is 6.72. The maximum absolute atomic E-state index is 6.05. The summed E-state index contributed by atoms with van der Waals surface area (Å²) < 4.78 is 11.8. The molecule has 4 rings (SSSR count). The summed E-state index contributed by atoms with van der Waals surface area (Å²) >= 11 is 0. The molecule has 0 atom stereocenters. The first-order valence-corrected chi connectivity index (χ1v) is 9.57. The van der Waals surface area contributed by atoms with E-state index in [1.807, 2.05) is 72.8 Å². The maximum Gasteiger partial charge on any atom is 0.130 e. The van der Waals surface area contributed by atoms with Crippen molar-refractivity contribution in [1.29, 1.82) is 0 Å². The molecule has 29 heavy (non-hydrogen) atoms. The van der Waals surface area contributed by atoms with E-state index in [2.05, 4.69) is 22.3 Å². The minimum Gasteiger partial charge on any atom is -0.493 e. The van der Waals surface area contributed by atoms with E-state index in [1.54, 1.807) is 0 Å². The van der Waals surface area contributed by atoms with Gasteiger partial charge < -0.3 is 15.2 Å². The van der Waals surface area contributed by atoms with Crippen molar-refractivity contribution in [1.82, 2.24) is 10.2 Å². The smallest absolute Gasteiger partial charge is 0.130 e. The highest BCUT2D eigenvalue weighted by atomic mass is 16.5. The van der Waals surface area contributed by atoms with Crippen molar-refractivity contribution in [3.8, 4) is 22.8 Å². The van der Waals surface area contributed by atoms with Crippen molar-refractivity contribution in [2.45, 2.75) is 13.0 Å². The molecule has 0 aliphatic heterocycles. The molecule has 0 aliphatic carbocycles. The third-order valence-corrected chi connectivity index (χ3v) is 4.56. The molecule has 5 nitrogen and oxygen atoms in total. The van der Waals surface area contributed by atoms with E-state index in [0.717, 1.165) is 34.9 Å². The Kier molecular flexibility index (Phi) is 5.76. The zero-order valence-corrected chi connectivity index (χ0v) is 16.0. The summed E-state index contributed by atoms with van der Waals surface area (Å²) in [6.45, 7) is 1.01. The summed E-state index contributed by atoms with van der Waals surface area (Å²) in [5.74, 6) is 1.58. The second kappa shape index (κ2) is 8.97. The first-order valence-electron chi connectivity index (χ1n) is 9.57. The number of nitrogen functional groups attached to an aromatic ring is 1. The van der Waals surface area contributed by atoms with Crippen molar-refractivity contribution < 1.29 is 9.47 Å². The average Bonchev–Trinajstić information content (AvgIpc) is 3.23. The lowest BCUT2D eigenvalue weighted by molar-refractivity contribution is 0.301. The summed E-state index contributed by atoms with van der Waals surface area (Å²) in [7, 11) is 0. The minimum absolute atomic E-state index is 0.397. The molecule has 0 saturated heterocycles. The Balaban J connectivity index is 1.40. The van der Waals surface area contributed by atoms with Crippen LogP contribution in [0.5, 0.6) is 11.5 Å². The first-order chi connectivity index (χ1) is 14.3. The number of nitrogens with one attached hydrogen (secondary N) is 1. The van der Waals surface area contributed by atoms with Gasteiger partial charge in [0.05, 0.1) is 18.0 Å². The fraction of sp³-hybridized carbons (Fsp3) is 0.125. The Morgan fingerprint density at radius 1 is 0.828 bits per heavy atom. The van der Waals surface area contributed by atoms with Crippen LogP contribution in [0.25, 0.3) is 11.3 Å². The topological polar surface area (TPSA) is 73.2 Å². The summed E-state index contributed by atoms with van der Waals surface area (Å²) in [5, 5.41) is 7.47. The summed E-state index contributed by atoms with van der Waals surface area (Å²) in [4.78, 5) is 0. The van der Waals surface area contributed by atoms with Crippen LogP contribution in [0, 0.1) is 0 Å². The van der Waals surface area contributed by atoms with Gasteiger partial charge >= 0.3 is 0 Å². The van der Waals surface area contributed by atoms with Crippen LogP contribution in [0.2, 0.25) is 0 Å². The van der Waals surface area contributed by atoms with E-state index < -0.39 is 0 Å². The molecule has 0 saturated carbocycles. The number of ether oxygens (including phenoxy) is 2. The monoisotopic (exact) mass is 385 g/mol. The zero-order chi connectivity index (χ0) is 19.9. The average molecular weight is 385 g/mol. The van der Waals surface area contributed by atoms with Gasteiger partial charge in [-0.2, -0.15) is 5.10 Å². The Bertz CT molecular complexity index is 1040. The highest BCUT2D eigenvalue weighted by molar-refractivity contribution is 5.67. The van der Waals surface area contributed by atoms with E-state index in [4.69, 9.17) is 15.2 Å². The molecule has 1 heterocycles. The van der Waals surface area contributed by atoms with Crippen LogP contribution in [0.15, 0.2) is 84.9 Å². The number of anilines is 1. The molecule has 3 aromatic carbocycles. The summed E-state index contributed by atoms with van der Waals surface area (Å²) in [6, 6.07) is 27.6. The normalized spacial score (nSPS) is 10.6.